The monoisotopic (exact) mass is 252 g/mol. The van der Waals surface area contributed by atoms with E-state index in [1.807, 2.05) is 4.90 Å². The van der Waals surface area contributed by atoms with Gasteiger partial charge in [-0.25, -0.2) is 0 Å². The summed E-state index contributed by atoms with van der Waals surface area (Å²) in [5, 5.41) is 7.05. The molecule has 0 aliphatic carbocycles. The molecule has 2 heterocycles. The zero-order valence-electron chi connectivity index (χ0n) is 11.0. The molecule has 1 amide bonds. The van der Waals surface area contributed by atoms with E-state index in [-0.39, 0.29) is 5.91 Å². The molecule has 1 atom stereocenters. The highest BCUT2D eigenvalue weighted by atomic mass is 16.5. The van der Waals surface area contributed by atoms with Crippen LogP contribution in [0.25, 0.3) is 0 Å². The number of piperazine rings is 1. The van der Waals surface area contributed by atoms with Crippen molar-refractivity contribution in [3.8, 4) is 0 Å². The molecule has 1 fully saturated rings. The minimum absolute atomic E-state index is 0.222. The number of aryl methyl sites for hydroxylation is 2. The molecule has 1 saturated heterocycles. The zero-order chi connectivity index (χ0) is 13.0. The van der Waals surface area contributed by atoms with Crippen LogP contribution in [0, 0.1) is 6.92 Å². The lowest BCUT2D eigenvalue weighted by atomic mass is 10.2. The van der Waals surface area contributed by atoms with Gasteiger partial charge in [0.05, 0.1) is 0 Å². The molecule has 0 aromatic carbocycles. The molecule has 6 heteroatoms. The third-order valence-corrected chi connectivity index (χ3v) is 3.07. The number of nitrogens with one attached hydrogen (secondary N) is 1. The standard InChI is InChI=1S/C12H20N4O2/c1-9-8-16(7-6-13-9)12(17)5-3-4-11-14-10(2)15-18-11/h9,13H,3-8H2,1-2H3. The lowest BCUT2D eigenvalue weighted by Gasteiger charge is -2.31. The van der Waals surface area contributed by atoms with Crippen molar-refractivity contribution >= 4 is 5.91 Å². The first kappa shape index (κ1) is 13.0. The average molecular weight is 252 g/mol. The summed E-state index contributed by atoms with van der Waals surface area (Å²) in [5.41, 5.74) is 0. The third-order valence-electron chi connectivity index (χ3n) is 3.07. The predicted molar refractivity (Wildman–Crippen MR) is 66.0 cm³/mol. The Morgan fingerprint density at radius 2 is 2.44 bits per heavy atom. The minimum atomic E-state index is 0.222. The average Bonchev–Trinajstić information content (AvgIpc) is 2.75. The van der Waals surface area contributed by atoms with Gasteiger partial charge in [0.1, 0.15) is 0 Å². The Kier molecular flexibility index (Phi) is 4.30. The number of carbonyl (C=O) groups excluding carboxylic acids is 1. The summed E-state index contributed by atoms with van der Waals surface area (Å²) in [7, 11) is 0. The van der Waals surface area contributed by atoms with Crippen LogP contribution >= 0.6 is 0 Å². The normalized spacial score (nSPS) is 20.1. The van der Waals surface area contributed by atoms with Gasteiger partial charge in [0.25, 0.3) is 0 Å². The molecular formula is C12H20N4O2. The SMILES string of the molecule is Cc1noc(CCCC(=O)N2CCNC(C)C2)n1. The number of hydrogen-bond acceptors (Lipinski definition) is 5. The number of carbonyl (C=O) groups is 1. The largest absolute Gasteiger partial charge is 0.340 e. The van der Waals surface area contributed by atoms with Crippen LogP contribution in [0.2, 0.25) is 0 Å². The Morgan fingerprint density at radius 1 is 1.61 bits per heavy atom. The third kappa shape index (κ3) is 3.53. The minimum Gasteiger partial charge on any atom is -0.340 e. The van der Waals surface area contributed by atoms with Gasteiger partial charge in [-0.2, -0.15) is 4.98 Å². The van der Waals surface area contributed by atoms with Crippen molar-refractivity contribution in [2.24, 2.45) is 0 Å². The summed E-state index contributed by atoms with van der Waals surface area (Å²) in [6.45, 7) is 6.39. The second-order valence-corrected chi connectivity index (χ2v) is 4.78. The van der Waals surface area contributed by atoms with Gasteiger partial charge >= 0.3 is 0 Å². The summed E-state index contributed by atoms with van der Waals surface area (Å²) >= 11 is 0. The van der Waals surface area contributed by atoms with E-state index in [2.05, 4.69) is 22.4 Å². The van der Waals surface area contributed by atoms with E-state index < -0.39 is 0 Å². The Morgan fingerprint density at radius 3 is 3.11 bits per heavy atom. The summed E-state index contributed by atoms with van der Waals surface area (Å²) in [5.74, 6) is 1.49. The topological polar surface area (TPSA) is 71.3 Å². The van der Waals surface area contributed by atoms with E-state index in [4.69, 9.17) is 4.52 Å². The van der Waals surface area contributed by atoms with Gasteiger partial charge in [0, 0.05) is 38.5 Å². The van der Waals surface area contributed by atoms with Crippen LogP contribution in [0.15, 0.2) is 4.52 Å². The molecule has 1 aromatic heterocycles. The van der Waals surface area contributed by atoms with Gasteiger partial charge in [-0.1, -0.05) is 5.16 Å². The first-order valence-corrected chi connectivity index (χ1v) is 6.45. The first-order chi connectivity index (χ1) is 8.65. The predicted octanol–water partition coefficient (Wildman–Crippen LogP) is 0.521. The van der Waals surface area contributed by atoms with Gasteiger partial charge in [0.15, 0.2) is 5.82 Å². The van der Waals surface area contributed by atoms with Gasteiger partial charge < -0.3 is 14.7 Å². The van der Waals surface area contributed by atoms with Crippen LogP contribution in [-0.4, -0.2) is 46.6 Å². The van der Waals surface area contributed by atoms with Crippen molar-refractivity contribution in [2.75, 3.05) is 19.6 Å². The zero-order valence-corrected chi connectivity index (χ0v) is 11.0. The van der Waals surface area contributed by atoms with Crippen LogP contribution in [0.5, 0.6) is 0 Å². The smallest absolute Gasteiger partial charge is 0.226 e. The molecular weight excluding hydrogens is 232 g/mol. The maximum Gasteiger partial charge on any atom is 0.226 e. The number of rotatable bonds is 4. The van der Waals surface area contributed by atoms with Gasteiger partial charge in [0.2, 0.25) is 11.8 Å². The quantitative estimate of drug-likeness (QED) is 0.846. The first-order valence-electron chi connectivity index (χ1n) is 6.45. The lowest BCUT2D eigenvalue weighted by molar-refractivity contribution is -0.132. The molecule has 2 rings (SSSR count). The van der Waals surface area contributed by atoms with Crippen molar-refractivity contribution in [2.45, 2.75) is 39.2 Å². The molecule has 1 aliphatic rings. The lowest BCUT2D eigenvalue weighted by Crippen LogP contribution is -2.51. The van der Waals surface area contributed by atoms with E-state index >= 15 is 0 Å². The van der Waals surface area contributed by atoms with Crippen LogP contribution in [0.1, 0.15) is 31.5 Å². The molecule has 0 radical (unpaired) electrons. The van der Waals surface area contributed by atoms with Crippen LogP contribution in [0.4, 0.5) is 0 Å². The van der Waals surface area contributed by atoms with Crippen LogP contribution in [-0.2, 0) is 11.2 Å². The van der Waals surface area contributed by atoms with Gasteiger partial charge in [-0.3, -0.25) is 4.79 Å². The van der Waals surface area contributed by atoms with Crippen molar-refractivity contribution in [1.82, 2.24) is 20.4 Å². The fourth-order valence-electron chi connectivity index (χ4n) is 2.15. The fraction of sp³-hybridized carbons (Fsp3) is 0.750. The van der Waals surface area contributed by atoms with Gasteiger partial charge in [-0.05, 0) is 20.3 Å². The molecule has 1 aliphatic heterocycles. The number of nitrogens with zero attached hydrogens (tertiary/aromatic N) is 3. The second-order valence-electron chi connectivity index (χ2n) is 4.78. The maximum atomic E-state index is 12.0. The van der Waals surface area contributed by atoms with Crippen LogP contribution < -0.4 is 5.32 Å². The molecule has 18 heavy (non-hydrogen) atoms. The molecule has 0 bridgehead atoms. The molecule has 1 N–H and O–H groups in total. The molecule has 100 valence electrons. The van der Waals surface area contributed by atoms with Crippen molar-refractivity contribution in [3.63, 3.8) is 0 Å². The van der Waals surface area contributed by atoms with Crippen LogP contribution in [0.3, 0.4) is 0 Å². The molecule has 6 nitrogen and oxygen atoms in total. The van der Waals surface area contributed by atoms with Gasteiger partial charge in [-0.15, -0.1) is 0 Å². The molecule has 1 aromatic rings. The summed E-state index contributed by atoms with van der Waals surface area (Å²) in [6.07, 6.45) is 1.99. The summed E-state index contributed by atoms with van der Waals surface area (Å²) in [4.78, 5) is 18.0. The summed E-state index contributed by atoms with van der Waals surface area (Å²) < 4.78 is 5.01. The van der Waals surface area contributed by atoms with E-state index in [1.165, 1.54) is 0 Å². The van der Waals surface area contributed by atoms with E-state index in [1.54, 1.807) is 6.92 Å². The highest BCUT2D eigenvalue weighted by molar-refractivity contribution is 5.76. The van der Waals surface area contributed by atoms with Crippen molar-refractivity contribution < 1.29 is 9.32 Å². The Balaban J connectivity index is 1.71. The highest BCUT2D eigenvalue weighted by Crippen LogP contribution is 2.07. The van der Waals surface area contributed by atoms with E-state index in [9.17, 15) is 4.79 Å². The fourth-order valence-corrected chi connectivity index (χ4v) is 2.15. The van der Waals surface area contributed by atoms with E-state index in [0.29, 0.717) is 30.6 Å². The van der Waals surface area contributed by atoms with Crippen molar-refractivity contribution in [3.05, 3.63) is 11.7 Å². The molecule has 0 saturated carbocycles. The number of amides is 1. The molecule has 1 unspecified atom stereocenters. The Labute approximate surface area is 107 Å². The highest BCUT2D eigenvalue weighted by Gasteiger charge is 2.19. The number of aromatic nitrogens is 2. The Bertz CT molecular complexity index is 405. The Hall–Kier alpha value is -1.43. The molecule has 0 spiro atoms. The summed E-state index contributed by atoms with van der Waals surface area (Å²) in [6, 6.07) is 0.390. The number of hydrogen-bond donors (Lipinski definition) is 1. The maximum absolute atomic E-state index is 12.0. The van der Waals surface area contributed by atoms with E-state index in [0.717, 1.165) is 26.1 Å². The van der Waals surface area contributed by atoms with Crippen molar-refractivity contribution in [1.29, 1.82) is 0 Å². The second kappa shape index (κ2) is 5.95.